The van der Waals surface area contributed by atoms with Gasteiger partial charge in [-0.2, -0.15) is 0 Å². The van der Waals surface area contributed by atoms with Crippen molar-refractivity contribution in [3.63, 3.8) is 0 Å². The molecule has 0 heterocycles. The van der Waals surface area contributed by atoms with E-state index in [2.05, 4.69) is 15.9 Å². The molecule has 0 fully saturated rings. The van der Waals surface area contributed by atoms with Crippen molar-refractivity contribution >= 4 is 21.9 Å². The lowest BCUT2D eigenvalue weighted by molar-refractivity contribution is -0.148. The van der Waals surface area contributed by atoms with Crippen LogP contribution in [0.5, 0.6) is 5.75 Å². The molecule has 0 radical (unpaired) electrons. The van der Waals surface area contributed by atoms with Gasteiger partial charge in [0, 0.05) is 13.5 Å². The Balaban J connectivity index is 2.88. The van der Waals surface area contributed by atoms with E-state index < -0.39 is 12.1 Å². The Kier molecular flexibility index (Phi) is 4.11. The summed E-state index contributed by atoms with van der Waals surface area (Å²) < 4.78 is 5.33. The van der Waals surface area contributed by atoms with E-state index in [1.165, 1.54) is 7.11 Å². The molecule has 15 heavy (non-hydrogen) atoms. The topological polar surface area (TPSA) is 66.8 Å². The SMILES string of the molecule is COC(Cc1cccc(Br)c1O)C(=O)O. The second-order valence-corrected chi connectivity index (χ2v) is 3.87. The molecule has 0 saturated heterocycles. The number of carboxylic acids is 1. The van der Waals surface area contributed by atoms with Gasteiger partial charge in [0.05, 0.1) is 4.47 Å². The van der Waals surface area contributed by atoms with E-state index in [1.807, 2.05) is 0 Å². The van der Waals surface area contributed by atoms with Crippen molar-refractivity contribution in [1.29, 1.82) is 0 Å². The van der Waals surface area contributed by atoms with Crippen LogP contribution >= 0.6 is 15.9 Å². The predicted octanol–water partition coefficient (Wildman–Crippen LogP) is 1.80. The Morgan fingerprint density at radius 3 is 2.80 bits per heavy atom. The molecule has 1 unspecified atom stereocenters. The fourth-order valence-corrected chi connectivity index (χ4v) is 1.60. The van der Waals surface area contributed by atoms with Gasteiger partial charge in [-0.1, -0.05) is 12.1 Å². The first-order valence-corrected chi connectivity index (χ1v) is 5.07. The molecule has 0 saturated carbocycles. The average Bonchev–Trinajstić information content (AvgIpc) is 2.19. The Morgan fingerprint density at radius 2 is 2.27 bits per heavy atom. The van der Waals surface area contributed by atoms with Crippen LogP contribution < -0.4 is 0 Å². The van der Waals surface area contributed by atoms with E-state index in [4.69, 9.17) is 9.84 Å². The second-order valence-electron chi connectivity index (χ2n) is 3.01. The number of phenols is 1. The van der Waals surface area contributed by atoms with Gasteiger partial charge >= 0.3 is 5.97 Å². The monoisotopic (exact) mass is 274 g/mol. The molecule has 0 aromatic heterocycles. The van der Waals surface area contributed by atoms with E-state index in [0.717, 1.165) is 0 Å². The summed E-state index contributed by atoms with van der Waals surface area (Å²) in [6.45, 7) is 0. The maximum atomic E-state index is 10.7. The van der Waals surface area contributed by atoms with Crippen LogP contribution in [0.15, 0.2) is 22.7 Å². The third kappa shape index (κ3) is 2.94. The number of aromatic hydroxyl groups is 1. The summed E-state index contributed by atoms with van der Waals surface area (Å²) in [6, 6.07) is 5.07. The number of hydrogen-bond donors (Lipinski definition) is 2. The maximum Gasteiger partial charge on any atom is 0.333 e. The number of methoxy groups -OCH3 is 1. The standard InChI is InChI=1S/C10H11BrO4/c1-15-8(10(13)14)5-6-3-2-4-7(11)9(6)12/h2-4,8,12H,5H2,1H3,(H,13,14). The zero-order chi connectivity index (χ0) is 11.4. The zero-order valence-corrected chi connectivity index (χ0v) is 9.69. The van der Waals surface area contributed by atoms with Crippen molar-refractivity contribution < 1.29 is 19.7 Å². The fraction of sp³-hybridized carbons (Fsp3) is 0.300. The number of para-hydroxylation sites is 1. The minimum atomic E-state index is -1.04. The highest BCUT2D eigenvalue weighted by molar-refractivity contribution is 9.10. The van der Waals surface area contributed by atoms with Gasteiger partial charge in [0.2, 0.25) is 0 Å². The first kappa shape index (κ1) is 12.0. The van der Waals surface area contributed by atoms with Crippen molar-refractivity contribution in [2.75, 3.05) is 7.11 Å². The first-order chi connectivity index (χ1) is 7.06. The number of halogens is 1. The number of carbonyl (C=O) groups is 1. The van der Waals surface area contributed by atoms with Crippen molar-refractivity contribution in [1.82, 2.24) is 0 Å². The molecule has 0 spiro atoms. The smallest absolute Gasteiger partial charge is 0.333 e. The lowest BCUT2D eigenvalue weighted by atomic mass is 10.1. The van der Waals surface area contributed by atoms with Crippen LogP contribution in [0.3, 0.4) is 0 Å². The summed E-state index contributed by atoms with van der Waals surface area (Å²) >= 11 is 3.16. The fourth-order valence-electron chi connectivity index (χ4n) is 1.20. The van der Waals surface area contributed by atoms with Gasteiger partial charge in [0.1, 0.15) is 5.75 Å². The lowest BCUT2D eigenvalue weighted by Gasteiger charge is -2.11. The number of carboxylic acid groups (broad SMARTS) is 1. The normalized spacial score (nSPS) is 12.4. The van der Waals surface area contributed by atoms with Crippen molar-refractivity contribution in [2.45, 2.75) is 12.5 Å². The molecule has 1 rings (SSSR count). The largest absolute Gasteiger partial charge is 0.506 e. The van der Waals surface area contributed by atoms with Crippen molar-refractivity contribution in [3.05, 3.63) is 28.2 Å². The van der Waals surface area contributed by atoms with Gasteiger partial charge in [-0.05, 0) is 27.6 Å². The number of ether oxygens (including phenoxy) is 1. The summed E-state index contributed by atoms with van der Waals surface area (Å²) in [7, 11) is 1.33. The number of rotatable bonds is 4. The van der Waals surface area contributed by atoms with Gasteiger partial charge < -0.3 is 14.9 Å². The lowest BCUT2D eigenvalue weighted by Crippen LogP contribution is -2.24. The molecule has 2 N–H and O–H groups in total. The van der Waals surface area contributed by atoms with Gasteiger partial charge in [-0.3, -0.25) is 0 Å². The third-order valence-electron chi connectivity index (χ3n) is 2.04. The number of benzene rings is 1. The molecule has 0 aliphatic rings. The molecule has 0 bridgehead atoms. The van der Waals surface area contributed by atoms with Crippen LogP contribution in [0, 0.1) is 0 Å². The van der Waals surface area contributed by atoms with E-state index in [1.54, 1.807) is 18.2 Å². The van der Waals surface area contributed by atoms with Crippen LogP contribution in [-0.2, 0) is 16.0 Å². The molecule has 4 nitrogen and oxygen atoms in total. The maximum absolute atomic E-state index is 10.7. The Labute approximate surface area is 95.6 Å². The molecular formula is C10H11BrO4. The number of aliphatic carboxylic acids is 1. The molecule has 0 aliphatic heterocycles. The third-order valence-corrected chi connectivity index (χ3v) is 2.68. The van der Waals surface area contributed by atoms with Gasteiger partial charge in [-0.15, -0.1) is 0 Å². The molecule has 1 aromatic carbocycles. The first-order valence-electron chi connectivity index (χ1n) is 4.28. The highest BCUT2D eigenvalue weighted by atomic mass is 79.9. The number of phenolic OH excluding ortho intramolecular Hbond substituents is 1. The van der Waals surface area contributed by atoms with E-state index >= 15 is 0 Å². The van der Waals surface area contributed by atoms with Crippen LogP contribution in [0.4, 0.5) is 0 Å². The van der Waals surface area contributed by atoms with E-state index in [9.17, 15) is 9.90 Å². The van der Waals surface area contributed by atoms with Crippen LogP contribution in [0.2, 0.25) is 0 Å². The van der Waals surface area contributed by atoms with Crippen LogP contribution in [0.25, 0.3) is 0 Å². The highest BCUT2D eigenvalue weighted by Crippen LogP contribution is 2.28. The Morgan fingerprint density at radius 1 is 1.60 bits per heavy atom. The van der Waals surface area contributed by atoms with E-state index in [0.29, 0.717) is 10.0 Å². The molecule has 0 aliphatic carbocycles. The molecule has 5 heteroatoms. The van der Waals surface area contributed by atoms with Crippen LogP contribution in [0.1, 0.15) is 5.56 Å². The highest BCUT2D eigenvalue weighted by Gasteiger charge is 2.19. The van der Waals surface area contributed by atoms with Gasteiger partial charge in [0.15, 0.2) is 6.10 Å². The molecule has 0 amide bonds. The summed E-state index contributed by atoms with van der Waals surface area (Å²) in [4.78, 5) is 10.7. The minimum Gasteiger partial charge on any atom is -0.506 e. The van der Waals surface area contributed by atoms with Gasteiger partial charge in [0.25, 0.3) is 0 Å². The van der Waals surface area contributed by atoms with Crippen molar-refractivity contribution in [2.24, 2.45) is 0 Å². The quantitative estimate of drug-likeness (QED) is 0.879. The van der Waals surface area contributed by atoms with Gasteiger partial charge in [-0.25, -0.2) is 4.79 Å². The van der Waals surface area contributed by atoms with Crippen LogP contribution in [-0.4, -0.2) is 29.4 Å². The number of hydrogen-bond acceptors (Lipinski definition) is 3. The summed E-state index contributed by atoms with van der Waals surface area (Å²) in [5.74, 6) is -0.988. The zero-order valence-electron chi connectivity index (χ0n) is 8.11. The Hall–Kier alpha value is -1.07. The summed E-state index contributed by atoms with van der Waals surface area (Å²) in [5.41, 5.74) is 0.540. The van der Waals surface area contributed by atoms with E-state index in [-0.39, 0.29) is 12.2 Å². The molecule has 82 valence electrons. The van der Waals surface area contributed by atoms with Crippen molar-refractivity contribution in [3.8, 4) is 5.75 Å². The Bertz CT molecular complexity index is 364. The predicted molar refractivity (Wildman–Crippen MR) is 57.9 cm³/mol. The summed E-state index contributed by atoms with van der Waals surface area (Å²) in [6.07, 6.45) is -0.804. The second kappa shape index (κ2) is 5.14. The summed E-state index contributed by atoms with van der Waals surface area (Å²) in [5, 5.41) is 18.4. The average molecular weight is 275 g/mol. The molecule has 1 aromatic rings. The molecule has 1 atom stereocenters. The minimum absolute atomic E-state index is 0.0563. The molecular weight excluding hydrogens is 264 g/mol.